The van der Waals surface area contributed by atoms with Crippen molar-refractivity contribution in [3.63, 3.8) is 0 Å². The van der Waals surface area contributed by atoms with E-state index in [0.717, 1.165) is 42.5 Å². The standard InChI is InChI=1S/C18H26N4O/c1-18(2,3)11-17(23)22-8-6-14(7-9-22)20-15-5-4-13-12-19-21-16(13)10-15/h4-5,10,12,14,20H,6-9,11H2,1-3H3,(H,19,21). The van der Waals surface area contributed by atoms with Crippen molar-refractivity contribution in [2.24, 2.45) is 5.41 Å². The van der Waals surface area contributed by atoms with Gasteiger partial charge in [-0.05, 0) is 36.5 Å². The summed E-state index contributed by atoms with van der Waals surface area (Å²) in [5.41, 5.74) is 2.22. The third kappa shape index (κ3) is 4.03. The number of carbonyl (C=O) groups is 1. The van der Waals surface area contributed by atoms with E-state index in [0.29, 0.717) is 12.5 Å². The van der Waals surface area contributed by atoms with Crippen LogP contribution in [0.1, 0.15) is 40.0 Å². The number of aromatic amines is 1. The Hall–Kier alpha value is -2.04. The SMILES string of the molecule is CC(C)(C)CC(=O)N1CCC(Nc2ccc3cn[nH]c3c2)CC1. The molecule has 1 aromatic carbocycles. The summed E-state index contributed by atoms with van der Waals surface area (Å²) in [5, 5.41) is 11.8. The molecule has 2 aromatic rings. The summed E-state index contributed by atoms with van der Waals surface area (Å²) in [4.78, 5) is 14.3. The second kappa shape index (κ2) is 6.22. The van der Waals surface area contributed by atoms with Crippen molar-refractivity contribution in [3.8, 4) is 0 Å². The summed E-state index contributed by atoms with van der Waals surface area (Å²) >= 11 is 0. The minimum absolute atomic E-state index is 0.0612. The average Bonchev–Trinajstić information content (AvgIpc) is 2.94. The fraction of sp³-hybridized carbons (Fsp3) is 0.556. The first-order valence-electron chi connectivity index (χ1n) is 8.38. The van der Waals surface area contributed by atoms with E-state index in [1.165, 1.54) is 0 Å². The third-order valence-electron chi connectivity index (χ3n) is 4.34. The molecule has 1 fully saturated rings. The first-order chi connectivity index (χ1) is 10.9. The van der Waals surface area contributed by atoms with Crippen LogP contribution in [0.25, 0.3) is 10.9 Å². The van der Waals surface area contributed by atoms with Crippen LogP contribution in [-0.4, -0.2) is 40.1 Å². The highest BCUT2D eigenvalue weighted by atomic mass is 16.2. The molecule has 124 valence electrons. The molecule has 0 unspecified atom stereocenters. The zero-order chi connectivity index (χ0) is 16.4. The van der Waals surface area contributed by atoms with Crippen LogP contribution in [0, 0.1) is 5.41 Å². The van der Waals surface area contributed by atoms with E-state index < -0.39 is 0 Å². The van der Waals surface area contributed by atoms with E-state index in [-0.39, 0.29) is 11.3 Å². The van der Waals surface area contributed by atoms with E-state index >= 15 is 0 Å². The topological polar surface area (TPSA) is 61.0 Å². The minimum Gasteiger partial charge on any atom is -0.382 e. The fourth-order valence-corrected chi connectivity index (χ4v) is 3.10. The number of likely N-dealkylation sites (tertiary alicyclic amines) is 1. The van der Waals surface area contributed by atoms with Gasteiger partial charge in [-0.2, -0.15) is 5.10 Å². The predicted octanol–water partition coefficient (Wildman–Crippen LogP) is 3.40. The van der Waals surface area contributed by atoms with Crippen molar-refractivity contribution in [2.45, 2.75) is 46.1 Å². The Morgan fingerprint density at radius 3 is 2.78 bits per heavy atom. The normalized spacial score (nSPS) is 16.7. The van der Waals surface area contributed by atoms with Gasteiger partial charge in [0.2, 0.25) is 5.91 Å². The molecule has 0 atom stereocenters. The molecule has 1 aliphatic heterocycles. The Morgan fingerprint density at radius 1 is 1.35 bits per heavy atom. The Balaban J connectivity index is 1.53. The van der Waals surface area contributed by atoms with E-state index in [4.69, 9.17) is 0 Å². The molecule has 2 N–H and O–H groups in total. The highest BCUT2D eigenvalue weighted by molar-refractivity contribution is 5.81. The van der Waals surface area contributed by atoms with Gasteiger partial charge in [-0.15, -0.1) is 0 Å². The van der Waals surface area contributed by atoms with Crippen molar-refractivity contribution < 1.29 is 4.79 Å². The van der Waals surface area contributed by atoms with Gasteiger partial charge in [-0.3, -0.25) is 9.89 Å². The maximum Gasteiger partial charge on any atom is 0.223 e. The molecule has 0 spiro atoms. The second-order valence-corrected chi connectivity index (χ2v) is 7.71. The number of hydrogen-bond acceptors (Lipinski definition) is 3. The van der Waals surface area contributed by atoms with Crippen LogP contribution in [-0.2, 0) is 4.79 Å². The number of carbonyl (C=O) groups excluding carboxylic acids is 1. The number of amides is 1. The number of anilines is 1. The number of rotatable bonds is 3. The van der Waals surface area contributed by atoms with Gasteiger partial charge < -0.3 is 10.2 Å². The lowest BCUT2D eigenvalue weighted by Gasteiger charge is -2.34. The molecule has 0 saturated carbocycles. The number of fused-ring (bicyclic) bond motifs is 1. The molecule has 5 heteroatoms. The van der Waals surface area contributed by atoms with E-state index in [2.05, 4.69) is 54.5 Å². The maximum absolute atomic E-state index is 12.3. The first-order valence-corrected chi connectivity index (χ1v) is 8.38. The number of hydrogen-bond donors (Lipinski definition) is 2. The zero-order valence-electron chi connectivity index (χ0n) is 14.2. The highest BCUT2D eigenvalue weighted by Gasteiger charge is 2.25. The van der Waals surface area contributed by atoms with Crippen LogP contribution in [0.4, 0.5) is 5.69 Å². The van der Waals surface area contributed by atoms with Crippen LogP contribution >= 0.6 is 0 Å². The molecule has 1 saturated heterocycles. The van der Waals surface area contributed by atoms with Crippen LogP contribution < -0.4 is 5.32 Å². The molecular formula is C18H26N4O. The molecule has 1 aromatic heterocycles. The Morgan fingerprint density at radius 2 is 2.09 bits per heavy atom. The molecule has 0 bridgehead atoms. The largest absolute Gasteiger partial charge is 0.382 e. The summed E-state index contributed by atoms with van der Waals surface area (Å²) in [6.07, 6.45) is 4.45. The van der Waals surface area contributed by atoms with Crippen LogP contribution in [0.2, 0.25) is 0 Å². The molecule has 5 nitrogen and oxygen atoms in total. The number of nitrogens with one attached hydrogen (secondary N) is 2. The minimum atomic E-state index is 0.0612. The molecule has 2 heterocycles. The predicted molar refractivity (Wildman–Crippen MR) is 93.4 cm³/mol. The first kappa shape index (κ1) is 15.8. The van der Waals surface area contributed by atoms with Crippen molar-refractivity contribution >= 4 is 22.5 Å². The van der Waals surface area contributed by atoms with Gasteiger partial charge >= 0.3 is 0 Å². The van der Waals surface area contributed by atoms with Gasteiger partial charge in [0.05, 0.1) is 11.7 Å². The van der Waals surface area contributed by atoms with Gasteiger partial charge in [-0.1, -0.05) is 20.8 Å². The summed E-state index contributed by atoms with van der Waals surface area (Å²) in [6, 6.07) is 6.69. The quantitative estimate of drug-likeness (QED) is 0.913. The van der Waals surface area contributed by atoms with Crippen molar-refractivity contribution in [3.05, 3.63) is 24.4 Å². The lowest BCUT2D eigenvalue weighted by Crippen LogP contribution is -2.43. The number of H-pyrrole nitrogens is 1. The monoisotopic (exact) mass is 314 g/mol. The number of benzene rings is 1. The van der Waals surface area contributed by atoms with E-state index in [1.54, 1.807) is 0 Å². The smallest absolute Gasteiger partial charge is 0.223 e. The maximum atomic E-state index is 12.3. The lowest BCUT2D eigenvalue weighted by molar-refractivity contribution is -0.134. The van der Waals surface area contributed by atoms with Crippen molar-refractivity contribution in [1.82, 2.24) is 15.1 Å². The van der Waals surface area contributed by atoms with Crippen molar-refractivity contribution in [2.75, 3.05) is 18.4 Å². The molecule has 0 aliphatic carbocycles. The molecule has 1 aliphatic rings. The summed E-state index contributed by atoms with van der Waals surface area (Å²) in [6.45, 7) is 8.04. The number of piperidine rings is 1. The van der Waals surface area contributed by atoms with Gasteiger partial charge in [-0.25, -0.2) is 0 Å². The van der Waals surface area contributed by atoms with E-state index in [9.17, 15) is 4.79 Å². The Labute approximate surface area is 137 Å². The summed E-state index contributed by atoms with van der Waals surface area (Å²) < 4.78 is 0. The fourth-order valence-electron chi connectivity index (χ4n) is 3.10. The summed E-state index contributed by atoms with van der Waals surface area (Å²) in [5.74, 6) is 0.287. The Bertz CT molecular complexity index is 678. The second-order valence-electron chi connectivity index (χ2n) is 7.71. The molecular weight excluding hydrogens is 288 g/mol. The van der Waals surface area contributed by atoms with Crippen LogP contribution in [0.3, 0.4) is 0 Å². The number of aromatic nitrogens is 2. The molecule has 0 radical (unpaired) electrons. The van der Waals surface area contributed by atoms with Crippen LogP contribution in [0.15, 0.2) is 24.4 Å². The Kier molecular flexibility index (Phi) is 4.28. The van der Waals surface area contributed by atoms with Gasteiger partial charge in [0, 0.05) is 36.6 Å². The number of nitrogens with zero attached hydrogens (tertiary/aromatic N) is 2. The summed E-state index contributed by atoms with van der Waals surface area (Å²) in [7, 11) is 0. The van der Waals surface area contributed by atoms with Crippen LogP contribution in [0.5, 0.6) is 0 Å². The van der Waals surface area contributed by atoms with Crippen molar-refractivity contribution in [1.29, 1.82) is 0 Å². The molecule has 23 heavy (non-hydrogen) atoms. The van der Waals surface area contributed by atoms with Gasteiger partial charge in [0.25, 0.3) is 0 Å². The van der Waals surface area contributed by atoms with Gasteiger partial charge in [0.15, 0.2) is 0 Å². The third-order valence-corrected chi connectivity index (χ3v) is 4.34. The lowest BCUT2D eigenvalue weighted by atomic mass is 9.91. The molecule has 1 amide bonds. The highest BCUT2D eigenvalue weighted by Crippen LogP contribution is 2.23. The molecule has 3 rings (SSSR count). The van der Waals surface area contributed by atoms with Gasteiger partial charge in [0.1, 0.15) is 0 Å². The average molecular weight is 314 g/mol. The van der Waals surface area contributed by atoms with E-state index in [1.807, 2.05) is 11.1 Å². The zero-order valence-corrected chi connectivity index (χ0v) is 14.2.